The number of nitrogens with zero attached hydrogens (tertiary/aromatic N) is 3. The van der Waals surface area contributed by atoms with Crippen LogP contribution >= 0.6 is 0 Å². The van der Waals surface area contributed by atoms with Gasteiger partial charge in [-0.3, -0.25) is 5.10 Å². The van der Waals surface area contributed by atoms with Crippen molar-refractivity contribution in [2.45, 2.75) is 6.92 Å². The maximum absolute atomic E-state index is 4.09. The van der Waals surface area contributed by atoms with Gasteiger partial charge in [-0.05, 0) is 18.6 Å². The van der Waals surface area contributed by atoms with E-state index in [1.165, 1.54) is 6.33 Å². The normalized spacial score (nSPS) is 10.1. The molecule has 4 heteroatoms. The van der Waals surface area contributed by atoms with Crippen LogP contribution in [0.3, 0.4) is 0 Å². The summed E-state index contributed by atoms with van der Waals surface area (Å²) in [5.41, 5.74) is 2.83. The average Bonchev–Trinajstić information content (AvgIpc) is 2.53. The molecule has 0 aromatic carbocycles. The Kier molecular flexibility index (Phi) is 1.59. The van der Waals surface area contributed by atoms with E-state index < -0.39 is 0 Å². The first-order chi connectivity index (χ1) is 5.88. The molecule has 0 saturated heterocycles. The van der Waals surface area contributed by atoms with Crippen LogP contribution in [0.25, 0.3) is 11.4 Å². The van der Waals surface area contributed by atoms with Gasteiger partial charge in [-0.2, -0.15) is 5.10 Å². The van der Waals surface area contributed by atoms with Crippen molar-refractivity contribution in [3.05, 3.63) is 30.4 Å². The van der Waals surface area contributed by atoms with E-state index in [1.807, 2.05) is 19.2 Å². The lowest BCUT2D eigenvalue weighted by atomic mass is 10.2. The minimum atomic E-state index is 0.851. The molecular formula is C8H8N4. The summed E-state index contributed by atoms with van der Waals surface area (Å²) in [6.07, 6.45) is 5.07. The molecule has 2 aromatic rings. The van der Waals surface area contributed by atoms with Gasteiger partial charge in [0.1, 0.15) is 12.0 Å². The molecule has 0 atom stereocenters. The van der Waals surface area contributed by atoms with E-state index in [0.29, 0.717) is 0 Å². The van der Waals surface area contributed by atoms with Gasteiger partial charge >= 0.3 is 0 Å². The molecule has 0 unspecified atom stereocenters. The highest BCUT2D eigenvalue weighted by Crippen LogP contribution is 2.15. The second-order valence-electron chi connectivity index (χ2n) is 2.51. The van der Waals surface area contributed by atoms with Crippen LogP contribution < -0.4 is 0 Å². The van der Waals surface area contributed by atoms with Crippen molar-refractivity contribution in [1.29, 1.82) is 0 Å². The van der Waals surface area contributed by atoms with E-state index in [9.17, 15) is 0 Å². The van der Waals surface area contributed by atoms with E-state index in [-0.39, 0.29) is 0 Å². The van der Waals surface area contributed by atoms with Crippen LogP contribution in [-0.2, 0) is 0 Å². The van der Waals surface area contributed by atoms with Gasteiger partial charge in [0.25, 0.3) is 0 Å². The lowest BCUT2D eigenvalue weighted by Gasteiger charge is -1.94. The minimum Gasteiger partial charge on any atom is -0.285 e. The van der Waals surface area contributed by atoms with Gasteiger partial charge < -0.3 is 0 Å². The Hall–Kier alpha value is -1.71. The number of hydrogen-bond acceptors (Lipinski definition) is 3. The van der Waals surface area contributed by atoms with E-state index in [0.717, 1.165) is 17.0 Å². The summed E-state index contributed by atoms with van der Waals surface area (Å²) in [5.74, 6) is 0. The van der Waals surface area contributed by atoms with E-state index in [1.54, 1.807) is 6.20 Å². The minimum absolute atomic E-state index is 0.851. The lowest BCUT2D eigenvalue weighted by Crippen LogP contribution is -1.85. The SMILES string of the molecule is Cc1c[nH]nc1-c1ccncn1. The van der Waals surface area contributed by atoms with Crippen molar-refractivity contribution in [2.75, 3.05) is 0 Å². The van der Waals surface area contributed by atoms with Crippen LogP contribution in [0.15, 0.2) is 24.8 Å². The van der Waals surface area contributed by atoms with Crippen molar-refractivity contribution >= 4 is 0 Å². The molecule has 4 nitrogen and oxygen atoms in total. The van der Waals surface area contributed by atoms with Gasteiger partial charge in [0.05, 0.1) is 5.69 Å². The van der Waals surface area contributed by atoms with Crippen LogP contribution in [0.4, 0.5) is 0 Å². The molecule has 2 aromatic heterocycles. The Balaban J connectivity index is 2.51. The van der Waals surface area contributed by atoms with Crippen molar-refractivity contribution < 1.29 is 0 Å². The first-order valence-corrected chi connectivity index (χ1v) is 3.64. The predicted octanol–water partition coefficient (Wildman–Crippen LogP) is 1.18. The van der Waals surface area contributed by atoms with Crippen LogP contribution in [0.2, 0.25) is 0 Å². The summed E-state index contributed by atoms with van der Waals surface area (Å²) < 4.78 is 0. The van der Waals surface area contributed by atoms with Gasteiger partial charge in [-0.1, -0.05) is 0 Å². The van der Waals surface area contributed by atoms with E-state index >= 15 is 0 Å². The summed E-state index contributed by atoms with van der Waals surface area (Å²) in [4.78, 5) is 7.92. The summed E-state index contributed by atoms with van der Waals surface area (Å²) in [6, 6.07) is 1.84. The zero-order chi connectivity index (χ0) is 8.39. The molecule has 0 saturated carbocycles. The Bertz CT molecular complexity index is 366. The molecule has 0 radical (unpaired) electrons. The monoisotopic (exact) mass is 160 g/mol. The standard InChI is InChI=1S/C8H8N4/c1-6-4-11-12-8(6)7-2-3-9-5-10-7/h2-5H,1H3,(H,11,12). The lowest BCUT2D eigenvalue weighted by molar-refractivity contribution is 1.08. The third-order valence-corrected chi connectivity index (χ3v) is 1.66. The molecule has 0 aliphatic carbocycles. The highest BCUT2D eigenvalue weighted by Gasteiger charge is 2.03. The second-order valence-corrected chi connectivity index (χ2v) is 2.51. The second kappa shape index (κ2) is 2.73. The zero-order valence-corrected chi connectivity index (χ0v) is 6.65. The van der Waals surface area contributed by atoms with Crippen LogP contribution in [0.5, 0.6) is 0 Å². The highest BCUT2D eigenvalue weighted by molar-refractivity contribution is 5.56. The molecule has 2 heterocycles. The summed E-state index contributed by atoms with van der Waals surface area (Å²) >= 11 is 0. The number of nitrogens with one attached hydrogen (secondary N) is 1. The molecule has 0 aliphatic heterocycles. The molecule has 12 heavy (non-hydrogen) atoms. The number of hydrogen-bond donors (Lipinski definition) is 1. The summed E-state index contributed by atoms with van der Waals surface area (Å²) in [5, 5.41) is 6.86. The largest absolute Gasteiger partial charge is 0.285 e. The fraction of sp³-hybridized carbons (Fsp3) is 0.125. The van der Waals surface area contributed by atoms with Crippen LogP contribution in [0, 0.1) is 6.92 Å². The third-order valence-electron chi connectivity index (χ3n) is 1.66. The molecule has 0 fully saturated rings. The Morgan fingerprint density at radius 2 is 2.33 bits per heavy atom. The molecule has 0 aliphatic rings. The number of rotatable bonds is 1. The average molecular weight is 160 g/mol. The molecule has 2 rings (SSSR count). The first kappa shape index (κ1) is 6.97. The first-order valence-electron chi connectivity index (χ1n) is 3.64. The Morgan fingerprint density at radius 3 is 2.92 bits per heavy atom. The van der Waals surface area contributed by atoms with Gasteiger partial charge in [-0.25, -0.2) is 9.97 Å². The van der Waals surface area contributed by atoms with Crippen molar-refractivity contribution in [1.82, 2.24) is 20.2 Å². The number of aromatic nitrogens is 4. The number of aryl methyl sites for hydroxylation is 1. The molecule has 0 amide bonds. The van der Waals surface area contributed by atoms with Crippen LogP contribution in [0.1, 0.15) is 5.56 Å². The van der Waals surface area contributed by atoms with Crippen LogP contribution in [-0.4, -0.2) is 20.2 Å². The molecule has 60 valence electrons. The van der Waals surface area contributed by atoms with Gasteiger partial charge in [0.2, 0.25) is 0 Å². The van der Waals surface area contributed by atoms with Gasteiger partial charge in [-0.15, -0.1) is 0 Å². The van der Waals surface area contributed by atoms with Crippen molar-refractivity contribution in [3.63, 3.8) is 0 Å². The Labute approximate surface area is 69.7 Å². The topological polar surface area (TPSA) is 54.5 Å². The predicted molar refractivity (Wildman–Crippen MR) is 44.4 cm³/mol. The van der Waals surface area contributed by atoms with Crippen molar-refractivity contribution in [2.24, 2.45) is 0 Å². The third kappa shape index (κ3) is 1.07. The molecule has 1 N–H and O–H groups in total. The fourth-order valence-electron chi connectivity index (χ4n) is 1.04. The quantitative estimate of drug-likeness (QED) is 0.681. The van der Waals surface area contributed by atoms with Gasteiger partial charge in [0.15, 0.2) is 0 Å². The molecule has 0 bridgehead atoms. The highest BCUT2D eigenvalue weighted by atomic mass is 15.1. The molecular weight excluding hydrogens is 152 g/mol. The number of aromatic amines is 1. The maximum Gasteiger partial charge on any atom is 0.116 e. The Morgan fingerprint density at radius 1 is 1.42 bits per heavy atom. The zero-order valence-electron chi connectivity index (χ0n) is 6.65. The van der Waals surface area contributed by atoms with E-state index in [2.05, 4.69) is 20.2 Å². The fourth-order valence-corrected chi connectivity index (χ4v) is 1.04. The van der Waals surface area contributed by atoms with E-state index in [4.69, 9.17) is 0 Å². The van der Waals surface area contributed by atoms with Gasteiger partial charge in [0, 0.05) is 12.4 Å². The number of H-pyrrole nitrogens is 1. The smallest absolute Gasteiger partial charge is 0.116 e. The summed E-state index contributed by atoms with van der Waals surface area (Å²) in [6.45, 7) is 1.99. The summed E-state index contributed by atoms with van der Waals surface area (Å²) in [7, 11) is 0. The van der Waals surface area contributed by atoms with Crippen molar-refractivity contribution in [3.8, 4) is 11.4 Å². The molecule has 0 spiro atoms. The maximum atomic E-state index is 4.09.